The first-order valence-electron chi connectivity index (χ1n) is 8.77. The molecule has 3 heteroatoms. The SMILES string of the molecule is COCCCN1CCN(CCc2cccc3ccccc23)CC1. The van der Waals surface area contributed by atoms with Crippen LogP contribution in [0.3, 0.4) is 0 Å². The van der Waals surface area contributed by atoms with Crippen molar-refractivity contribution in [1.29, 1.82) is 0 Å². The number of methoxy groups -OCH3 is 1. The second-order valence-electron chi connectivity index (χ2n) is 6.42. The van der Waals surface area contributed by atoms with Crippen molar-refractivity contribution in [3.05, 3.63) is 48.0 Å². The Morgan fingerprint density at radius 2 is 1.57 bits per heavy atom. The number of hydrogen-bond donors (Lipinski definition) is 0. The summed E-state index contributed by atoms with van der Waals surface area (Å²) in [6.45, 7) is 7.99. The van der Waals surface area contributed by atoms with E-state index >= 15 is 0 Å². The molecule has 3 nitrogen and oxygen atoms in total. The van der Waals surface area contributed by atoms with Crippen LogP contribution in [0.5, 0.6) is 0 Å². The van der Waals surface area contributed by atoms with Gasteiger partial charge in [-0.25, -0.2) is 0 Å². The first-order valence-corrected chi connectivity index (χ1v) is 8.77. The largest absolute Gasteiger partial charge is 0.385 e. The summed E-state index contributed by atoms with van der Waals surface area (Å²) in [5, 5.41) is 2.76. The van der Waals surface area contributed by atoms with Gasteiger partial charge in [-0.3, -0.25) is 0 Å². The Labute approximate surface area is 139 Å². The van der Waals surface area contributed by atoms with Crippen LogP contribution in [0.25, 0.3) is 10.8 Å². The molecule has 1 heterocycles. The molecule has 1 aliphatic rings. The van der Waals surface area contributed by atoms with Crippen LogP contribution < -0.4 is 0 Å². The average Bonchev–Trinajstić information content (AvgIpc) is 2.61. The monoisotopic (exact) mass is 312 g/mol. The maximum Gasteiger partial charge on any atom is 0.0474 e. The van der Waals surface area contributed by atoms with Crippen molar-refractivity contribution in [3.8, 4) is 0 Å². The van der Waals surface area contributed by atoms with E-state index in [1.54, 1.807) is 7.11 Å². The van der Waals surface area contributed by atoms with Gasteiger partial charge in [0, 0.05) is 53.0 Å². The zero-order valence-corrected chi connectivity index (χ0v) is 14.2. The summed E-state index contributed by atoms with van der Waals surface area (Å²) in [6.07, 6.45) is 2.29. The van der Waals surface area contributed by atoms with E-state index in [4.69, 9.17) is 4.74 Å². The van der Waals surface area contributed by atoms with Crippen LogP contribution in [0.15, 0.2) is 42.5 Å². The van der Waals surface area contributed by atoms with Crippen molar-refractivity contribution in [2.45, 2.75) is 12.8 Å². The van der Waals surface area contributed by atoms with Gasteiger partial charge in [0.05, 0.1) is 0 Å². The first-order chi connectivity index (χ1) is 11.4. The topological polar surface area (TPSA) is 15.7 Å². The van der Waals surface area contributed by atoms with E-state index in [9.17, 15) is 0 Å². The standard InChI is InChI=1S/C20H28N2O/c1-23-17-5-11-21-13-15-22(16-14-21)12-10-19-8-4-7-18-6-2-3-9-20(18)19/h2-4,6-9H,5,10-17H2,1H3. The molecule has 0 atom stereocenters. The van der Waals surface area contributed by atoms with Gasteiger partial charge < -0.3 is 14.5 Å². The van der Waals surface area contributed by atoms with Gasteiger partial charge in [0.15, 0.2) is 0 Å². The maximum absolute atomic E-state index is 5.14. The van der Waals surface area contributed by atoms with Crippen LogP contribution >= 0.6 is 0 Å². The summed E-state index contributed by atoms with van der Waals surface area (Å²) in [4.78, 5) is 5.17. The highest BCUT2D eigenvalue weighted by atomic mass is 16.5. The van der Waals surface area contributed by atoms with E-state index in [2.05, 4.69) is 52.3 Å². The van der Waals surface area contributed by atoms with Crippen molar-refractivity contribution < 1.29 is 4.74 Å². The Morgan fingerprint density at radius 1 is 0.870 bits per heavy atom. The maximum atomic E-state index is 5.14. The van der Waals surface area contributed by atoms with E-state index in [1.165, 1.54) is 55.6 Å². The number of piperazine rings is 1. The van der Waals surface area contributed by atoms with Gasteiger partial charge in [0.25, 0.3) is 0 Å². The summed E-state index contributed by atoms with van der Waals surface area (Å²) < 4.78 is 5.14. The van der Waals surface area contributed by atoms with Gasteiger partial charge >= 0.3 is 0 Å². The van der Waals surface area contributed by atoms with Gasteiger partial charge in [0.2, 0.25) is 0 Å². The predicted molar refractivity (Wildman–Crippen MR) is 97.0 cm³/mol. The van der Waals surface area contributed by atoms with Crippen LogP contribution in [0, 0.1) is 0 Å². The molecule has 124 valence electrons. The minimum absolute atomic E-state index is 0.876. The van der Waals surface area contributed by atoms with Crippen LogP contribution in [0.2, 0.25) is 0 Å². The summed E-state index contributed by atoms with van der Waals surface area (Å²) in [7, 11) is 1.78. The zero-order valence-electron chi connectivity index (χ0n) is 14.2. The van der Waals surface area contributed by atoms with E-state index in [0.717, 1.165) is 19.4 Å². The van der Waals surface area contributed by atoms with Gasteiger partial charge in [-0.2, -0.15) is 0 Å². The lowest BCUT2D eigenvalue weighted by Gasteiger charge is -2.34. The number of ether oxygens (including phenoxy) is 1. The molecule has 0 aliphatic carbocycles. The Kier molecular flexibility index (Phi) is 6.03. The molecule has 0 aromatic heterocycles. The fourth-order valence-electron chi connectivity index (χ4n) is 3.46. The molecule has 3 rings (SSSR count). The molecule has 0 radical (unpaired) electrons. The van der Waals surface area contributed by atoms with Crippen LogP contribution in [0.4, 0.5) is 0 Å². The summed E-state index contributed by atoms with van der Waals surface area (Å²) in [5.74, 6) is 0. The highest BCUT2D eigenvalue weighted by Crippen LogP contribution is 2.19. The summed E-state index contributed by atoms with van der Waals surface area (Å²) in [5.41, 5.74) is 1.48. The number of hydrogen-bond acceptors (Lipinski definition) is 3. The van der Waals surface area contributed by atoms with E-state index in [-0.39, 0.29) is 0 Å². The van der Waals surface area contributed by atoms with Crippen LogP contribution in [-0.4, -0.2) is 62.8 Å². The van der Waals surface area contributed by atoms with Gasteiger partial charge in [-0.15, -0.1) is 0 Å². The molecule has 0 amide bonds. The minimum atomic E-state index is 0.876. The van der Waals surface area contributed by atoms with E-state index < -0.39 is 0 Å². The fourth-order valence-corrected chi connectivity index (χ4v) is 3.46. The predicted octanol–water partition coefficient (Wildman–Crippen LogP) is 3.04. The van der Waals surface area contributed by atoms with Crippen molar-refractivity contribution in [2.75, 3.05) is 53.0 Å². The quantitative estimate of drug-likeness (QED) is 0.731. The summed E-state index contributed by atoms with van der Waals surface area (Å²) >= 11 is 0. The molecule has 1 aliphatic heterocycles. The van der Waals surface area contributed by atoms with Crippen LogP contribution in [-0.2, 0) is 11.2 Å². The minimum Gasteiger partial charge on any atom is -0.385 e. The van der Waals surface area contributed by atoms with Crippen LogP contribution in [0.1, 0.15) is 12.0 Å². The Morgan fingerprint density at radius 3 is 2.35 bits per heavy atom. The second-order valence-corrected chi connectivity index (χ2v) is 6.42. The smallest absolute Gasteiger partial charge is 0.0474 e. The molecule has 2 aromatic carbocycles. The lowest BCUT2D eigenvalue weighted by molar-refractivity contribution is 0.118. The summed E-state index contributed by atoms with van der Waals surface area (Å²) in [6, 6.07) is 15.4. The highest BCUT2D eigenvalue weighted by molar-refractivity contribution is 5.85. The third-order valence-electron chi connectivity index (χ3n) is 4.87. The number of fused-ring (bicyclic) bond motifs is 1. The van der Waals surface area contributed by atoms with Crippen molar-refractivity contribution >= 4 is 10.8 Å². The molecule has 0 saturated carbocycles. The van der Waals surface area contributed by atoms with Crippen molar-refractivity contribution in [1.82, 2.24) is 9.80 Å². The molecule has 2 aromatic rings. The Balaban J connectivity index is 1.48. The van der Waals surface area contributed by atoms with Gasteiger partial charge in [0.1, 0.15) is 0 Å². The molecule has 0 bridgehead atoms. The highest BCUT2D eigenvalue weighted by Gasteiger charge is 2.16. The zero-order chi connectivity index (χ0) is 15.9. The average molecular weight is 312 g/mol. The lowest BCUT2D eigenvalue weighted by atomic mass is 10.0. The molecule has 0 spiro atoms. The lowest BCUT2D eigenvalue weighted by Crippen LogP contribution is -2.47. The first kappa shape index (κ1) is 16.4. The molecule has 23 heavy (non-hydrogen) atoms. The molecule has 1 saturated heterocycles. The second kappa shape index (κ2) is 8.44. The fraction of sp³-hybridized carbons (Fsp3) is 0.500. The molecular weight excluding hydrogens is 284 g/mol. The van der Waals surface area contributed by atoms with Crippen molar-refractivity contribution in [2.24, 2.45) is 0 Å². The normalized spacial score (nSPS) is 16.9. The Hall–Kier alpha value is -1.42. The number of nitrogens with zero attached hydrogens (tertiary/aromatic N) is 2. The van der Waals surface area contributed by atoms with Gasteiger partial charge in [-0.1, -0.05) is 42.5 Å². The van der Waals surface area contributed by atoms with E-state index in [1.807, 2.05) is 0 Å². The third kappa shape index (κ3) is 4.54. The molecular formula is C20H28N2O. The number of benzene rings is 2. The van der Waals surface area contributed by atoms with Crippen molar-refractivity contribution in [3.63, 3.8) is 0 Å². The van der Waals surface area contributed by atoms with E-state index in [0.29, 0.717) is 0 Å². The molecule has 1 fully saturated rings. The molecule has 0 N–H and O–H groups in total. The number of rotatable bonds is 7. The third-order valence-corrected chi connectivity index (χ3v) is 4.87. The van der Waals surface area contributed by atoms with Gasteiger partial charge in [-0.05, 0) is 29.2 Å². The molecule has 0 unspecified atom stereocenters. The Bertz CT molecular complexity index is 600.